The number of hydrogen-bond donors (Lipinski definition) is 2. The summed E-state index contributed by atoms with van der Waals surface area (Å²) in [6.45, 7) is 0. The number of nitrogens with zero attached hydrogens (tertiary/aromatic N) is 4. The zero-order chi connectivity index (χ0) is 12.7. The summed E-state index contributed by atoms with van der Waals surface area (Å²) in [6, 6.07) is 0. The topological polar surface area (TPSA) is 89.6 Å². The monoisotopic (exact) mass is 292 g/mol. The first-order chi connectivity index (χ1) is 8.15. The molecule has 2 heterocycles. The van der Waals surface area contributed by atoms with Crippen LogP contribution in [0, 0.1) is 0 Å². The van der Waals surface area contributed by atoms with Crippen LogP contribution in [0.25, 0.3) is 0 Å². The van der Waals surface area contributed by atoms with Crippen molar-refractivity contribution in [3.63, 3.8) is 0 Å². The van der Waals surface area contributed by atoms with E-state index in [2.05, 4.69) is 25.4 Å². The molecule has 9 heteroatoms. The quantitative estimate of drug-likeness (QED) is 0.619. The predicted octanol–water partition coefficient (Wildman–Crippen LogP) is 2.20. The molecular weight excluding hydrogens is 286 g/mol. The van der Waals surface area contributed by atoms with Crippen LogP contribution in [-0.2, 0) is 0 Å². The SMILES string of the molecule is Clc1nccnc1Cl.NNc1nccnc1Cl. The molecule has 0 aromatic carbocycles. The van der Waals surface area contributed by atoms with Crippen molar-refractivity contribution in [2.75, 3.05) is 5.43 Å². The molecule has 0 amide bonds. The van der Waals surface area contributed by atoms with Crippen LogP contribution in [0.3, 0.4) is 0 Å². The molecular formula is C8H7Cl3N6. The molecule has 0 aliphatic rings. The number of hydrogen-bond acceptors (Lipinski definition) is 6. The summed E-state index contributed by atoms with van der Waals surface area (Å²) in [6.07, 6.45) is 5.95. The predicted molar refractivity (Wildman–Crippen MR) is 66.9 cm³/mol. The second-order valence-corrected chi connectivity index (χ2v) is 3.55. The van der Waals surface area contributed by atoms with Crippen molar-refractivity contribution in [3.05, 3.63) is 40.2 Å². The average molecular weight is 294 g/mol. The third-order valence-corrected chi connectivity index (χ3v) is 2.33. The molecule has 0 saturated carbocycles. The Bertz CT molecular complexity index is 459. The van der Waals surface area contributed by atoms with Gasteiger partial charge in [-0.25, -0.2) is 25.8 Å². The number of hydrazine groups is 1. The Hall–Kier alpha value is -1.21. The second kappa shape index (κ2) is 7.18. The van der Waals surface area contributed by atoms with Crippen LogP contribution < -0.4 is 11.3 Å². The van der Waals surface area contributed by atoms with E-state index in [1.807, 2.05) is 0 Å². The lowest BCUT2D eigenvalue weighted by Gasteiger charge is -1.96. The second-order valence-electron chi connectivity index (χ2n) is 2.48. The van der Waals surface area contributed by atoms with E-state index in [-0.39, 0.29) is 15.5 Å². The van der Waals surface area contributed by atoms with Crippen LogP contribution >= 0.6 is 34.8 Å². The number of nitrogen functional groups attached to an aromatic ring is 1. The maximum atomic E-state index is 5.51. The van der Waals surface area contributed by atoms with E-state index in [9.17, 15) is 0 Å². The number of halogens is 3. The van der Waals surface area contributed by atoms with E-state index < -0.39 is 0 Å². The maximum Gasteiger partial charge on any atom is 0.178 e. The Labute approximate surface area is 112 Å². The summed E-state index contributed by atoms with van der Waals surface area (Å²) in [4.78, 5) is 14.8. The van der Waals surface area contributed by atoms with E-state index in [4.69, 9.17) is 40.6 Å². The van der Waals surface area contributed by atoms with Crippen molar-refractivity contribution in [2.24, 2.45) is 5.84 Å². The molecule has 0 aliphatic heterocycles. The summed E-state index contributed by atoms with van der Waals surface area (Å²) < 4.78 is 0. The van der Waals surface area contributed by atoms with Crippen LogP contribution in [0.1, 0.15) is 0 Å². The van der Waals surface area contributed by atoms with Gasteiger partial charge in [0.25, 0.3) is 0 Å². The van der Waals surface area contributed by atoms with Crippen LogP contribution in [0.2, 0.25) is 15.5 Å². The molecule has 0 saturated heterocycles. The van der Waals surface area contributed by atoms with Gasteiger partial charge in [0, 0.05) is 24.8 Å². The zero-order valence-electron chi connectivity index (χ0n) is 8.31. The van der Waals surface area contributed by atoms with Gasteiger partial charge in [0.1, 0.15) is 0 Å². The molecule has 0 spiro atoms. The lowest BCUT2D eigenvalue weighted by atomic mass is 10.7. The van der Waals surface area contributed by atoms with Crippen molar-refractivity contribution < 1.29 is 0 Å². The molecule has 2 aromatic heterocycles. The van der Waals surface area contributed by atoms with Crippen LogP contribution in [0.4, 0.5) is 5.82 Å². The lowest BCUT2D eigenvalue weighted by molar-refractivity contribution is 1.16. The fourth-order valence-electron chi connectivity index (χ4n) is 0.722. The standard InChI is InChI=1S/C4H2Cl2N2.C4H5ClN4/c5-3-4(6)8-2-1-7-3;5-3-4(9-6)8-2-1-7-3/h1-2H;1-2H,6H2,(H,8,9). The lowest BCUT2D eigenvalue weighted by Crippen LogP contribution is -2.09. The third kappa shape index (κ3) is 4.66. The molecule has 0 unspecified atom stereocenters. The molecule has 0 fully saturated rings. The van der Waals surface area contributed by atoms with Gasteiger partial charge in [0.15, 0.2) is 21.3 Å². The van der Waals surface area contributed by atoms with Gasteiger partial charge < -0.3 is 5.43 Å². The zero-order valence-corrected chi connectivity index (χ0v) is 10.6. The van der Waals surface area contributed by atoms with Crippen molar-refractivity contribution >= 4 is 40.6 Å². The fourth-order valence-corrected chi connectivity index (χ4v) is 1.09. The molecule has 17 heavy (non-hydrogen) atoms. The molecule has 0 bridgehead atoms. The van der Waals surface area contributed by atoms with Gasteiger partial charge in [-0.05, 0) is 0 Å². The van der Waals surface area contributed by atoms with Gasteiger partial charge in [-0.2, -0.15) is 0 Å². The molecule has 0 aliphatic carbocycles. The minimum absolute atomic E-state index is 0.245. The Kier molecular flexibility index (Phi) is 5.85. The normalized spacial score (nSPS) is 9.18. The van der Waals surface area contributed by atoms with Gasteiger partial charge in [-0.15, -0.1) is 0 Å². The average Bonchev–Trinajstić information content (AvgIpc) is 2.34. The molecule has 3 N–H and O–H groups in total. The summed E-state index contributed by atoms with van der Waals surface area (Å²) in [5.41, 5.74) is 2.29. The van der Waals surface area contributed by atoms with E-state index in [0.29, 0.717) is 5.82 Å². The van der Waals surface area contributed by atoms with Crippen molar-refractivity contribution in [1.29, 1.82) is 0 Å². The summed E-state index contributed by atoms with van der Waals surface area (Å²) in [7, 11) is 0. The van der Waals surface area contributed by atoms with Crippen molar-refractivity contribution in [3.8, 4) is 0 Å². The highest BCUT2D eigenvalue weighted by atomic mass is 35.5. The first-order valence-corrected chi connectivity index (χ1v) is 5.33. The highest BCUT2D eigenvalue weighted by Gasteiger charge is 1.95. The van der Waals surface area contributed by atoms with Crippen molar-refractivity contribution in [2.45, 2.75) is 0 Å². The Morgan fingerprint density at radius 3 is 1.47 bits per heavy atom. The smallest absolute Gasteiger partial charge is 0.178 e. The molecule has 6 nitrogen and oxygen atoms in total. The molecule has 2 rings (SSSR count). The van der Waals surface area contributed by atoms with Crippen LogP contribution in [-0.4, -0.2) is 19.9 Å². The molecule has 2 aromatic rings. The Morgan fingerprint density at radius 2 is 1.18 bits per heavy atom. The number of aromatic nitrogens is 4. The van der Waals surface area contributed by atoms with Crippen molar-refractivity contribution in [1.82, 2.24) is 19.9 Å². The van der Waals surface area contributed by atoms with E-state index >= 15 is 0 Å². The molecule has 0 atom stereocenters. The summed E-state index contributed by atoms with van der Waals surface area (Å²) >= 11 is 16.3. The number of rotatable bonds is 1. The minimum atomic E-state index is 0.245. The van der Waals surface area contributed by atoms with E-state index in [1.54, 1.807) is 0 Å². The van der Waals surface area contributed by atoms with E-state index in [0.717, 1.165) is 0 Å². The minimum Gasteiger partial charge on any atom is -0.306 e. The first kappa shape index (κ1) is 13.9. The number of nitrogens with two attached hydrogens (primary N) is 1. The van der Waals surface area contributed by atoms with Gasteiger partial charge in [-0.3, -0.25) is 0 Å². The van der Waals surface area contributed by atoms with Crippen LogP contribution in [0.15, 0.2) is 24.8 Å². The van der Waals surface area contributed by atoms with Gasteiger partial charge >= 0.3 is 0 Å². The Morgan fingerprint density at radius 1 is 0.765 bits per heavy atom. The molecule has 90 valence electrons. The van der Waals surface area contributed by atoms with E-state index in [1.165, 1.54) is 24.8 Å². The summed E-state index contributed by atoms with van der Waals surface area (Å²) in [5.74, 6) is 5.40. The number of nitrogens with one attached hydrogen (secondary N) is 1. The molecule has 0 radical (unpaired) electrons. The van der Waals surface area contributed by atoms with Gasteiger partial charge in [-0.1, -0.05) is 34.8 Å². The van der Waals surface area contributed by atoms with Crippen LogP contribution in [0.5, 0.6) is 0 Å². The first-order valence-electron chi connectivity index (χ1n) is 4.20. The highest BCUT2D eigenvalue weighted by molar-refractivity contribution is 6.40. The third-order valence-electron chi connectivity index (χ3n) is 1.40. The maximum absolute atomic E-state index is 5.51. The summed E-state index contributed by atoms with van der Waals surface area (Å²) in [5, 5.41) is 0.767. The Balaban J connectivity index is 0.000000171. The fraction of sp³-hybridized carbons (Fsp3) is 0. The largest absolute Gasteiger partial charge is 0.306 e. The van der Waals surface area contributed by atoms with Gasteiger partial charge in [0.2, 0.25) is 0 Å². The highest BCUT2D eigenvalue weighted by Crippen LogP contribution is 2.13. The number of anilines is 1. The van der Waals surface area contributed by atoms with Gasteiger partial charge in [0.05, 0.1) is 0 Å².